The molecule has 1 rings (SSSR count). The SMILES string of the molecule is CCCN1CCN(C(=O)CCCCCCN)CC1. The van der Waals surface area contributed by atoms with Gasteiger partial charge in [-0.25, -0.2) is 0 Å². The fourth-order valence-corrected chi connectivity index (χ4v) is 2.47. The zero-order valence-corrected chi connectivity index (χ0v) is 11.9. The van der Waals surface area contributed by atoms with Gasteiger partial charge in [-0.3, -0.25) is 9.69 Å². The summed E-state index contributed by atoms with van der Waals surface area (Å²) in [4.78, 5) is 16.5. The summed E-state index contributed by atoms with van der Waals surface area (Å²) in [7, 11) is 0. The van der Waals surface area contributed by atoms with Gasteiger partial charge in [0.1, 0.15) is 0 Å². The molecule has 1 aliphatic rings. The first-order valence-corrected chi connectivity index (χ1v) is 7.48. The lowest BCUT2D eigenvalue weighted by Crippen LogP contribution is -2.48. The zero-order chi connectivity index (χ0) is 13.2. The van der Waals surface area contributed by atoms with E-state index in [1.54, 1.807) is 0 Å². The van der Waals surface area contributed by atoms with Gasteiger partial charge in [-0.2, -0.15) is 0 Å². The van der Waals surface area contributed by atoms with E-state index in [0.29, 0.717) is 5.91 Å². The molecule has 0 bridgehead atoms. The van der Waals surface area contributed by atoms with Gasteiger partial charge in [-0.1, -0.05) is 19.8 Å². The van der Waals surface area contributed by atoms with Crippen molar-refractivity contribution in [3.8, 4) is 0 Å². The molecule has 0 aliphatic carbocycles. The fourth-order valence-electron chi connectivity index (χ4n) is 2.47. The van der Waals surface area contributed by atoms with E-state index in [2.05, 4.69) is 11.8 Å². The van der Waals surface area contributed by atoms with Crippen molar-refractivity contribution >= 4 is 5.91 Å². The number of piperazine rings is 1. The van der Waals surface area contributed by atoms with Crippen LogP contribution in [0.2, 0.25) is 0 Å². The predicted octanol–water partition coefficient (Wildman–Crippen LogP) is 1.45. The maximum absolute atomic E-state index is 12.0. The summed E-state index contributed by atoms with van der Waals surface area (Å²) in [5, 5.41) is 0. The first kappa shape index (κ1) is 15.4. The van der Waals surface area contributed by atoms with Crippen molar-refractivity contribution in [3.05, 3.63) is 0 Å². The maximum Gasteiger partial charge on any atom is 0.222 e. The minimum Gasteiger partial charge on any atom is -0.340 e. The molecule has 0 atom stereocenters. The van der Waals surface area contributed by atoms with Gasteiger partial charge in [0.2, 0.25) is 5.91 Å². The van der Waals surface area contributed by atoms with Crippen LogP contribution >= 0.6 is 0 Å². The van der Waals surface area contributed by atoms with Crippen LogP contribution in [0, 0.1) is 0 Å². The number of carbonyl (C=O) groups excluding carboxylic acids is 1. The molecule has 1 heterocycles. The fraction of sp³-hybridized carbons (Fsp3) is 0.929. The van der Waals surface area contributed by atoms with E-state index in [0.717, 1.165) is 64.8 Å². The van der Waals surface area contributed by atoms with E-state index in [1.807, 2.05) is 4.90 Å². The maximum atomic E-state index is 12.0. The highest BCUT2D eigenvalue weighted by atomic mass is 16.2. The van der Waals surface area contributed by atoms with Crippen molar-refractivity contribution in [2.45, 2.75) is 45.4 Å². The van der Waals surface area contributed by atoms with Crippen LogP contribution in [-0.4, -0.2) is 55.0 Å². The summed E-state index contributed by atoms with van der Waals surface area (Å²) in [6.45, 7) is 8.08. The van der Waals surface area contributed by atoms with E-state index in [9.17, 15) is 4.79 Å². The summed E-state index contributed by atoms with van der Waals surface area (Å²) in [5.41, 5.74) is 5.45. The minimum absolute atomic E-state index is 0.346. The second kappa shape index (κ2) is 9.34. The molecule has 0 aromatic heterocycles. The molecule has 0 aromatic rings. The van der Waals surface area contributed by atoms with E-state index < -0.39 is 0 Å². The van der Waals surface area contributed by atoms with Gasteiger partial charge in [0.25, 0.3) is 0 Å². The number of amides is 1. The summed E-state index contributed by atoms with van der Waals surface area (Å²) in [5.74, 6) is 0.346. The van der Waals surface area contributed by atoms with Gasteiger partial charge in [-0.15, -0.1) is 0 Å². The summed E-state index contributed by atoms with van der Waals surface area (Å²) < 4.78 is 0. The summed E-state index contributed by atoms with van der Waals surface area (Å²) >= 11 is 0. The monoisotopic (exact) mass is 255 g/mol. The van der Waals surface area contributed by atoms with Crippen LogP contribution in [0.1, 0.15) is 45.4 Å². The third-order valence-corrected chi connectivity index (χ3v) is 3.61. The average Bonchev–Trinajstić information content (AvgIpc) is 2.39. The Morgan fingerprint density at radius 1 is 1.06 bits per heavy atom. The second-order valence-corrected chi connectivity index (χ2v) is 5.18. The number of nitrogens with two attached hydrogens (primary N) is 1. The normalized spacial score (nSPS) is 17.1. The van der Waals surface area contributed by atoms with Crippen LogP contribution in [0.15, 0.2) is 0 Å². The molecule has 106 valence electrons. The number of hydrogen-bond acceptors (Lipinski definition) is 3. The van der Waals surface area contributed by atoms with Gasteiger partial charge in [0, 0.05) is 32.6 Å². The number of nitrogens with zero attached hydrogens (tertiary/aromatic N) is 2. The highest BCUT2D eigenvalue weighted by molar-refractivity contribution is 5.76. The third-order valence-electron chi connectivity index (χ3n) is 3.61. The zero-order valence-electron chi connectivity index (χ0n) is 11.9. The van der Waals surface area contributed by atoms with Crippen molar-refractivity contribution in [2.24, 2.45) is 5.73 Å². The lowest BCUT2D eigenvalue weighted by molar-refractivity contribution is -0.133. The van der Waals surface area contributed by atoms with Crippen molar-refractivity contribution in [2.75, 3.05) is 39.3 Å². The van der Waals surface area contributed by atoms with Gasteiger partial charge in [-0.05, 0) is 32.4 Å². The van der Waals surface area contributed by atoms with Crippen LogP contribution in [0.25, 0.3) is 0 Å². The average molecular weight is 255 g/mol. The minimum atomic E-state index is 0.346. The highest BCUT2D eigenvalue weighted by Gasteiger charge is 2.19. The van der Waals surface area contributed by atoms with Crippen LogP contribution in [0.4, 0.5) is 0 Å². The van der Waals surface area contributed by atoms with Crippen molar-refractivity contribution in [3.63, 3.8) is 0 Å². The molecule has 0 radical (unpaired) electrons. The summed E-state index contributed by atoms with van der Waals surface area (Å²) in [6.07, 6.45) is 6.33. The van der Waals surface area contributed by atoms with E-state index in [4.69, 9.17) is 5.73 Å². The Hall–Kier alpha value is -0.610. The lowest BCUT2D eigenvalue weighted by Gasteiger charge is -2.34. The Morgan fingerprint density at radius 2 is 1.72 bits per heavy atom. The topological polar surface area (TPSA) is 49.6 Å². The first-order chi connectivity index (χ1) is 8.77. The largest absolute Gasteiger partial charge is 0.340 e. The Kier molecular flexibility index (Phi) is 8.01. The molecule has 2 N–H and O–H groups in total. The Bertz CT molecular complexity index is 225. The molecule has 0 saturated carbocycles. The number of rotatable bonds is 8. The van der Waals surface area contributed by atoms with Crippen molar-refractivity contribution in [1.82, 2.24) is 9.80 Å². The van der Waals surface area contributed by atoms with Gasteiger partial charge in [0.15, 0.2) is 0 Å². The van der Waals surface area contributed by atoms with Gasteiger partial charge in [0.05, 0.1) is 0 Å². The number of unbranched alkanes of at least 4 members (excludes halogenated alkanes) is 3. The summed E-state index contributed by atoms with van der Waals surface area (Å²) in [6, 6.07) is 0. The first-order valence-electron chi connectivity index (χ1n) is 7.48. The standard InChI is InChI=1S/C14H29N3O/c1-2-9-16-10-12-17(13-11-16)14(18)7-5-3-4-6-8-15/h2-13,15H2,1H3. The van der Waals surface area contributed by atoms with E-state index in [1.165, 1.54) is 13.0 Å². The molecular weight excluding hydrogens is 226 g/mol. The molecule has 18 heavy (non-hydrogen) atoms. The van der Waals surface area contributed by atoms with Crippen LogP contribution in [-0.2, 0) is 4.79 Å². The van der Waals surface area contributed by atoms with Crippen LogP contribution in [0.5, 0.6) is 0 Å². The molecule has 4 heteroatoms. The molecule has 1 amide bonds. The second-order valence-electron chi connectivity index (χ2n) is 5.18. The molecule has 0 spiro atoms. The Balaban J connectivity index is 2.08. The van der Waals surface area contributed by atoms with E-state index >= 15 is 0 Å². The number of hydrogen-bond donors (Lipinski definition) is 1. The van der Waals surface area contributed by atoms with Crippen molar-refractivity contribution in [1.29, 1.82) is 0 Å². The van der Waals surface area contributed by atoms with Crippen molar-refractivity contribution < 1.29 is 4.79 Å². The molecule has 1 saturated heterocycles. The highest BCUT2D eigenvalue weighted by Crippen LogP contribution is 2.08. The van der Waals surface area contributed by atoms with Gasteiger partial charge >= 0.3 is 0 Å². The molecule has 0 unspecified atom stereocenters. The molecule has 1 aliphatic heterocycles. The van der Waals surface area contributed by atoms with Crippen LogP contribution < -0.4 is 5.73 Å². The Labute approximate surface area is 111 Å². The Morgan fingerprint density at radius 3 is 2.33 bits per heavy atom. The number of carbonyl (C=O) groups is 1. The third kappa shape index (κ3) is 5.83. The predicted molar refractivity (Wildman–Crippen MR) is 75.5 cm³/mol. The molecule has 1 fully saturated rings. The van der Waals surface area contributed by atoms with Crippen LogP contribution in [0.3, 0.4) is 0 Å². The molecular formula is C14H29N3O. The van der Waals surface area contributed by atoms with E-state index in [-0.39, 0.29) is 0 Å². The molecule has 4 nitrogen and oxygen atoms in total. The quantitative estimate of drug-likeness (QED) is 0.668. The van der Waals surface area contributed by atoms with Gasteiger partial charge < -0.3 is 10.6 Å². The smallest absolute Gasteiger partial charge is 0.222 e. The molecule has 0 aromatic carbocycles. The lowest BCUT2D eigenvalue weighted by atomic mass is 10.1.